The van der Waals surface area contributed by atoms with Crippen LogP contribution in [0.25, 0.3) is 0 Å². The summed E-state index contributed by atoms with van der Waals surface area (Å²) < 4.78 is 21.2. The van der Waals surface area contributed by atoms with Crippen molar-refractivity contribution in [1.29, 1.82) is 0 Å². The minimum Gasteiger partial charge on any atom is -0.305 e. The Balaban J connectivity index is 4.50. The van der Waals surface area contributed by atoms with Crippen LogP contribution in [0.5, 0.6) is 0 Å². The molecule has 0 aliphatic rings. The Bertz CT molecular complexity index is 194. The Morgan fingerprint density at radius 2 is 1.75 bits per heavy atom. The lowest BCUT2D eigenvalue weighted by atomic mass is 10.9. The van der Waals surface area contributed by atoms with Gasteiger partial charge in [0, 0.05) is 0 Å². The molecule has 0 aromatic carbocycles. The van der Waals surface area contributed by atoms with Gasteiger partial charge in [-0.3, -0.25) is 4.57 Å². The first kappa shape index (κ1) is 11.6. The van der Waals surface area contributed by atoms with Gasteiger partial charge < -0.3 is 9.05 Å². The van der Waals surface area contributed by atoms with E-state index >= 15 is 0 Å². The summed E-state index contributed by atoms with van der Waals surface area (Å²) in [7, 11) is -3.37. The molecule has 0 aliphatic heterocycles. The molecule has 71 valence electrons. The third kappa shape index (κ3) is 2.93. The van der Waals surface area contributed by atoms with E-state index in [9.17, 15) is 9.77 Å². The standard InChI is InChI=1S/C6H13NO4P/c1-4-10-12(9,11-5-2)6(3)7-8/h4-5H2,1-3H3/b7-6+. The summed E-state index contributed by atoms with van der Waals surface area (Å²) in [5.41, 5.74) is -0.133. The monoisotopic (exact) mass is 194 g/mol. The van der Waals surface area contributed by atoms with Crippen molar-refractivity contribution >= 4 is 13.0 Å². The van der Waals surface area contributed by atoms with Crippen molar-refractivity contribution < 1.29 is 18.8 Å². The molecule has 0 amide bonds. The van der Waals surface area contributed by atoms with E-state index in [1.807, 2.05) is 0 Å². The lowest BCUT2D eigenvalue weighted by molar-refractivity contribution is 0.203. The molecule has 0 spiro atoms. The molecule has 1 radical (unpaired) electrons. The second-order valence-corrected chi connectivity index (χ2v) is 4.13. The zero-order valence-electron chi connectivity index (χ0n) is 7.44. The van der Waals surface area contributed by atoms with E-state index in [2.05, 4.69) is 5.16 Å². The predicted octanol–water partition coefficient (Wildman–Crippen LogP) is 2.02. The molecule has 0 fully saturated rings. The minimum absolute atomic E-state index is 0.133. The van der Waals surface area contributed by atoms with Crippen LogP contribution in [0.3, 0.4) is 0 Å². The summed E-state index contributed by atoms with van der Waals surface area (Å²) in [4.78, 5) is 0. The topological polar surface area (TPSA) is 67.8 Å². The first-order chi connectivity index (χ1) is 5.60. The van der Waals surface area contributed by atoms with Gasteiger partial charge in [0.1, 0.15) is 0 Å². The molecule has 0 aromatic heterocycles. The normalized spacial score (nSPS) is 13.4. The number of nitrogens with zero attached hydrogens (tertiary/aromatic N) is 1. The molecule has 0 saturated heterocycles. The van der Waals surface area contributed by atoms with Crippen molar-refractivity contribution in [3.63, 3.8) is 0 Å². The van der Waals surface area contributed by atoms with Crippen LogP contribution in [0.2, 0.25) is 0 Å². The zero-order chi connectivity index (χ0) is 9.61. The second kappa shape index (κ2) is 5.30. The van der Waals surface area contributed by atoms with Crippen LogP contribution in [-0.4, -0.2) is 18.7 Å². The first-order valence-electron chi connectivity index (χ1n) is 3.67. The van der Waals surface area contributed by atoms with Crippen molar-refractivity contribution in [3.8, 4) is 0 Å². The Kier molecular flexibility index (Phi) is 5.13. The van der Waals surface area contributed by atoms with Gasteiger partial charge in [0.2, 0.25) is 0 Å². The second-order valence-electron chi connectivity index (χ2n) is 1.97. The van der Waals surface area contributed by atoms with E-state index < -0.39 is 7.60 Å². The van der Waals surface area contributed by atoms with Crippen LogP contribution in [0, 0.1) is 0 Å². The predicted molar refractivity (Wildman–Crippen MR) is 44.7 cm³/mol. The van der Waals surface area contributed by atoms with Gasteiger partial charge in [0.15, 0.2) is 5.45 Å². The van der Waals surface area contributed by atoms with Gasteiger partial charge in [-0.1, -0.05) is 0 Å². The Morgan fingerprint density at radius 3 is 2.00 bits per heavy atom. The van der Waals surface area contributed by atoms with Gasteiger partial charge in [-0.05, 0) is 25.9 Å². The first-order valence-corrected chi connectivity index (χ1v) is 5.21. The smallest absolute Gasteiger partial charge is 0.305 e. The molecule has 0 bridgehead atoms. The third-order valence-corrected chi connectivity index (χ3v) is 3.20. The molecule has 6 heteroatoms. The Labute approximate surface area is 71.9 Å². The maximum absolute atomic E-state index is 11.6. The van der Waals surface area contributed by atoms with Gasteiger partial charge in [-0.15, -0.1) is 5.21 Å². The SMILES string of the molecule is CCOP(=O)(OCC)/C(C)=N/[O]. The van der Waals surface area contributed by atoms with Crippen LogP contribution in [0.4, 0.5) is 0 Å². The molecule has 0 rings (SSSR count). The average Bonchev–Trinajstić information content (AvgIpc) is 2.04. The quantitative estimate of drug-likeness (QED) is 0.382. The van der Waals surface area contributed by atoms with Crippen LogP contribution in [0.15, 0.2) is 5.16 Å². The fourth-order valence-corrected chi connectivity index (χ4v) is 1.84. The third-order valence-electron chi connectivity index (χ3n) is 1.13. The van der Waals surface area contributed by atoms with Crippen LogP contribution >= 0.6 is 7.60 Å². The maximum Gasteiger partial charge on any atom is 0.378 e. The van der Waals surface area contributed by atoms with E-state index in [0.717, 1.165) is 0 Å². The molecule has 5 nitrogen and oxygen atoms in total. The summed E-state index contributed by atoms with van der Waals surface area (Å²) in [5.74, 6) is 0. The minimum atomic E-state index is -3.37. The van der Waals surface area contributed by atoms with E-state index in [0.29, 0.717) is 0 Å². The summed E-state index contributed by atoms with van der Waals surface area (Å²) in [5, 5.41) is 12.6. The molecule has 0 aromatic rings. The summed E-state index contributed by atoms with van der Waals surface area (Å²) in [6.07, 6.45) is 0. The highest BCUT2D eigenvalue weighted by atomic mass is 31.2. The highest BCUT2D eigenvalue weighted by Crippen LogP contribution is 2.49. The summed E-state index contributed by atoms with van der Waals surface area (Å²) >= 11 is 0. The van der Waals surface area contributed by atoms with Gasteiger partial charge in [-0.2, -0.15) is 0 Å². The van der Waals surface area contributed by atoms with Gasteiger partial charge in [0.25, 0.3) is 0 Å². The molecule has 0 aliphatic carbocycles. The number of hydrogen-bond donors (Lipinski definition) is 0. The fourth-order valence-electron chi connectivity index (χ4n) is 0.614. The zero-order valence-corrected chi connectivity index (χ0v) is 8.34. The lowest BCUT2D eigenvalue weighted by Gasteiger charge is -2.14. The van der Waals surface area contributed by atoms with Crippen molar-refractivity contribution in [2.75, 3.05) is 13.2 Å². The lowest BCUT2D eigenvalue weighted by Crippen LogP contribution is -2.03. The molecule has 0 unspecified atom stereocenters. The average molecular weight is 194 g/mol. The van der Waals surface area contributed by atoms with E-state index in [1.54, 1.807) is 13.8 Å². The van der Waals surface area contributed by atoms with Crippen molar-refractivity contribution in [1.82, 2.24) is 0 Å². The molecule has 0 N–H and O–H groups in total. The maximum atomic E-state index is 11.6. The van der Waals surface area contributed by atoms with Crippen molar-refractivity contribution in [3.05, 3.63) is 0 Å². The highest BCUT2D eigenvalue weighted by molar-refractivity contribution is 7.72. The molecule has 12 heavy (non-hydrogen) atoms. The Morgan fingerprint density at radius 1 is 1.33 bits per heavy atom. The molecule has 0 atom stereocenters. The molecular weight excluding hydrogens is 181 g/mol. The fraction of sp³-hybridized carbons (Fsp3) is 0.833. The van der Waals surface area contributed by atoms with Crippen LogP contribution in [0.1, 0.15) is 20.8 Å². The largest absolute Gasteiger partial charge is 0.378 e. The van der Waals surface area contributed by atoms with Crippen LogP contribution < -0.4 is 0 Å². The Hall–Kier alpha value is -0.380. The van der Waals surface area contributed by atoms with Crippen molar-refractivity contribution in [2.24, 2.45) is 5.16 Å². The molecule has 0 heterocycles. The van der Waals surface area contributed by atoms with Gasteiger partial charge in [-0.25, -0.2) is 0 Å². The molecular formula is C6H13NO4P. The molecule has 0 saturated carbocycles. The number of rotatable bonds is 5. The number of hydrogen-bond acceptors (Lipinski definition) is 4. The van der Waals surface area contributed by atoms with E-state index in [1.165, 1.54) is 6.92 Å². The summed E-state index contributed by atoms with van der Waals surface area (Å²) in [6, 6.07) is 0. The van der Waals surface area contributed by atoms with E-state index in [4.69, 9.17) is 9.05 Å². The van der Waals surface area contributed by atoms with E-state index in [-0.39, 0.29) is 18.7 Å². The summed E-state index contributed by atoms with van der Waals surface area (Å²) in [6.45, 7) is 5.13. The highest BCUT2D eigenvalue weighted by Gasteiger charge is 2.28. The van der Waals surface area contributed by atoms with Gasteiger partial charge in [0.05, 0.1) is 13.2 Å². The van der Waals surface area contributed by atoms with Crippen LogP contribution in [-0.2, 0) is 18.8 Å². The van der Waals surface area contributed by atoms with Crippen molar-refractivity contribution in [2.45, 2.75) is 20.8 Å². The van der Waals surface area contributed by atoms with Gasteiger partial charge >= 0.3 is 7.60 Å².